The lowest BCUT2D eigenvalue weighted by Gasteiger charge is -2.17. The third kappa shape index (κ3) is 5.58. The number of ether oxygens (including phenoxy) is 1. The third-order valence-electron chi connectivity index (χ3n) is 6.87. The first kappa shape index (κ1) is 23.8. The molecule has 0 aromatic heterocycles. The first-order chi connectivity index (χ1) is 16.5. The molecule has 2 aromatic carbocycles. The Morgan fingerprint density at radius 2 is 1.59 bits per heavy atom. The Morgan fingerprint density at radius 3 is 2.26 bits per heavy atom. The number of alkyl carbamates (subject to hydrolysis) is 1. The number of carboxylic acids is 1. The second kappa shape index (κ2) is 11.2. The van der Waals surface area contributed by atoms with E-state index in [-0.39, 0.29) is 17.9 Å². The Bertz CT molecular complexity index is 992. The quantitative estimate of drug-likeness (QED) is 0.451. The van der Waals surface area contributed by atoms with Gasteiger partial charge in [-0.25, -0.2) is 4.79 Å². The number of aliphatic carboxylic acids is 1. The zero-order chi connectivity index (χ0) is 23.9. The summed E-state index contributed by atoms with van der Waals surface area (Å²) in [7, 11) is 0. The van der Waals surface area contributed by atoms with E-state index in [4.69, 9.17) is 4.74 Å². The number of hydrogen-bond donors (Lipinski definition) is 3. The molecule has 4 rings (SSSR count). The molecule has 180 valence electrons. The van der Waals surface area contributed by atoms with Gasteiger partial charge in [0.15, 0.2) is 0 Å². The Balaban J connectivity index is 1.12. The second-order valence-electron chi connectivity index (χ2n) is 9.11. The Kier molecular flexibility index (Phi) is 7.83. The molecule has 2 atom stereocenters. The number of benzene rings is 2. The number of carboxylic acid groups (broad SMARTS) is 1. The molecule has 7 nitrogen and oxygen atoms in total. The van der Waals surface area contributed by atoms with Crippen LogP contribution in [0.5, 0.6) is 0 Å². The van der Waals surface area contributed by atoms with Gasteiger partial charge in [-0.15, -0.1) is 0 Å². The van der Waals surface area contributed by atoms with Crippen LogP contribution in [0.25, 0.3) is 11.1 Å². The molecule has 7 heteroatoms. The largest absolute Gasteiger partial charge is 0.481 e. The molecule has 0 radical (unpaired) electrons. The van der Waals surface area contributed by atoms with E-state index in [1.807, 2.05) is 24.3 Å². The Labute approximate surface area is 199 Å². The maximum atomic E-state index is 12.2. The van der Waals surface area contributed by atoms with Gasteiger partial charge in [-0.3, -0.25) is 9.59 Å². The lowest BCUT2D eigenvalue weighted by Crippen LogP contribution is -2.40. The van der Waals surface area contributed by atoms with Gasteiger partial charge in [-0.05, 0) is 47.9 Å². The van der Waals surface area contributed by atoms with E-state index in [0.29, 0.717) is 32.4 Å². The van der Waals surface area contributed by atoms with Crippen LogP contribution in [0, 0.1) is 5.92 Å². The Morgan fingerprint density at radius 1 is 0.912 bits per heavy atom. The molecule has 0 unspecified atom stereocenters. The maximum absolute atomic E-state index is 12.2. The van der Waals surface area contributed by atoms with Crippen molar-refractivity contribution in [2.75, 3.05) is 13.2 Å². The van der Waals surface area contributed by atoms with Crippen LogP contribution in [0.2, 0.25) is 0 Å². The lowest BCUT2D eigenvalue weighted by atomic mass is 9.98. The maximum Gasteiger partial charge on any atom is 0.407 e. The smallest absolute Gasteiger partial charge is 0.407 e. The second-order valence-corrected chi connectivity index (χ2v) is 9.11. The topological polar surface area (TPSA) is 105 Å². The molecule has 0 saturated heterocycles. The summed E-state index contributed by atoms with van der Waals surface area (Å²) < 4.78 is 5.53. The molecule has 0 spiro atoms. The fourth-order valence-corrected chi connectivity index (χ4v) is 5.13. The Hall–Kier alpha value is -3.35. The van der Waals surface area contributed by atoms with Crippen LogP contribution in [0.15, 0.2) is 48.5 Å². The SMILES string of the molecule is O=C(CCCCCNC(=O)OCC1c2ccccc2-c2ccccc21)N[C@H]1CCC[C@H]1C(=O)O. The zero-order valence-corrected chi connectivity index (χ0v) is 19.3. The molecule has 0 aliphatic heterocycles. The summed E-state index contributed by atoms with van der Waals surface area (Å²) in [6.45, 7) is 0.778. The van der Waals surface area contributed by atoms with Crippen LogP contribution in [-0.4, -0.2) is 42.3 Å². The van der Waals surface area contributed by atoms with Gasteiger partial charge in [0.25, 0.3) is 0 Å². The van der Waals surface area contributed by atoms with Crippen LogP contribution in [0.1, 0.15) is 62.0 Å². The van der Waals surface area contributed by atoms with Crippen LogP contribution in [0.4, 0.5) is 4.79 Å². The molecule has 2 aliphatic rings. The molecule has 2 aliphatic carbocycles. The summed E-state index contributed by atoms with van der Waals surface area (Å²) in [5.74, 6) is -1.35. The van der Waals surface area contributed by atoms with E-state index < -0.39 is 18.0 Å². The van der Waals surface area contributed by atoms with E-state index in [1.54, 1.807) is 0 Å². The van der Waals surface area contributed by atoms with E-state index in [2.05, 4.69) is 34.9 Å². The number of rotatable bonds is 10. The van der Waals surface area contributed by atoms with Gasteiger partial charge in [0.1, 0.15) is 6.61 Å². The fourth-order valence-electron chi connectivity index (χ4n) is 5.13. The van der Waals surface area contributed by atoms with E-state index in [0.717, 1.165) is 25.7 Å². The van der Waals surface area contributed by atoms with Gasteiger partial charge in [0, 0.05) is 24.9 Å². The van der Waals surface area contributed by atoms with Crippen LogP contribution in [-0.2, 0) is 14.3 Å². The molecule has 1 fully saturated rings. The van der Waals surface area contributed by atoms with Crippen molar-refractivity contribution in [3.05, 3.63) is 59.7 Å². The number of unbranched alkanes of at least 4 members (excludes halogenated alkanes) is 2. The predicted molar refractivity (Wildman–Crippen MR) is 128 cm³/mol. The van der Waals surface area contributed by atoms with Crippen molar-refractivity contribution < 1.29 is 24.2 Å². The number of fused-ring (bicyclic) bond motifs is 3. The first-order valence-electron chi connectivity index (χ1n) is 12.2. The highest BCUT2D eigenvalue weighted by Gasteiger charge is 2.33. The van der Waals surface area contributed by atoms with Crippen LogP contribution in [0.3, 0.4) is 0 Å². The molecule has 3 N–H and O–H groups in total. The summed E-state index contributed by atoms with van der Waals surface area (Å²) >= 11 is 0. The minimum Gasteiger partial charge on any atom is -0.481 e. The highest BCUT2D eigenvalue weighted by Crippen LogP contribution is 2.44. The average Bonchev–Trinajstić information content (AvgIpc) is 3.42. The van der Waals surface area contributed by atoms with Crippen molar-refractivity contribution in [3.63, 3.8) is 0 Å². The number of amides is 2. The lowest BCUT2D eigenvalue weighted by molar-refractivity contribution is -0.142. The van der Waals surface area contributed by atoms with Crippen molar-refractivity contribution in [3.8, 4) is 11.1 Å². The number of hydrogen-bond acceptors (Lipinski definition) is 4. The summed E-state index contributed by atoms with van der Waals surface area (Å²) in [6, 6.07) is 16.2. The fraction of sp³-hybridized carbons (Fsp3) is 0.444. The molecule has 0 heterocycles. The third-order valence-corrected chi connectivity index (χ3v) is 6.87. The highest BCUT2D eigenvalue weighted by atomic mass is 16.5. The molecule has 34 heavy (non-hydrogen) atoms. The molecule has 2 aromatic rings. The van der Waals surface area contributed by atoms with E-state index >= 15 is 0 Å². The summed E-state index contributed by atoms with van der Waals surface area (Å²) in [5.41, 5.74) is 4.76. The van der Waals surface area contributed by atoms with Crippen molar-refractivity contribution >= 4 is 18.0 Å². The van der Waals surface area contributed by atoms with Crippen LogP contribution >= 0.6 is 0 Å². The molecule has 1 saturated carbocycles. The normalized spacial score (nSPS) is 18.7. The molecular weight excluding hydrogens is 432 g/mol. The average molecular weight is 465 g/mol. The number of carbonyl (C=O) groups is 3. The van der Waals surface area contributed by atoms with Crippen LogP contribution < -0.4 is 10.6 Å². The number of nitrogens with one attached hydrogen (secondary N) is 2. The van der Waals surface area contributed by atoms with Gasteiger partial charge in [0.2, 0.25) is 5.91 Å². The summed E-state index contributed by atoms with van der Waals surface area (Å²) in [4.78, 5) is 35.5. The first-order valence-corrected chi connectivity index (χ1v) is 12.2. The molecule has 0 bridgehead atoms. The van der Waals surface area contributed by atoms with E-state index in [1.165, 1.54) is 22.3 Å². The zero-order valence-electron chi connectivity index (χ0n) is 19.3. The van der Waals surface area contributed by atoms with E-state index in [9.17, 15) is 19.5 Å². The minimum absolute atomic E-state index is 0.0391. The monoisotopic (exact) mass is 464 g/mol. The van der Waals surface area contributed by atoms with Gasteiger partial charge >= 0.3 is 12.1 Å². The predicted octanol–water partition coefficient (Wildman–Crippen LogP) is 4.46. The van der Waals surface area contributed by atoms with Crippen molar-refractivity contribution in [1.29, 1.82) is 0 Å². The summed E-state index contributed by atoms with van der Waals surface area (Å²) in [6.07, 6.45) is 4.37. The van der Waals surface area contributed by atoms with Crippen molar-refractivity contribution in [2.24, 2.45) is 5.92 Å². The standard InChI is InChI=1S/C27H32N2O5/c30-25(29-24-14-8-13-22(24)26(31)32)15-2-1-7-16-28-27(33)34-17-23-20-11-5-3-9-18(20)19-10-4-6-12-21(19)23/h3-6,9-12,22-24H,1-2,7-8,13-17H2,(H,28,33)(H,29,30)(H,31,32)/t22-,24+/m1/s1. The van der Waals surface area contributed by atoms with Gasteiger partial charge in [-0.1, -0.05) is 61.4 Å². The van der Waals surface area contributed by atoms with Crippen molar-refractivity contribution in [2.45, 2.75) is 56.9 Å². The molecular formula is C27H32N2O5. The molecule has 2 amide bonds. The van der Waals surface area contributed by atoms with Crippen molar-refractivity contribution in [1.82, 2.24) is 10.6 Å². The number of carbonyl (C=O) groups excluding carboxylic acids is 2. The van der Waals surface area contributed by atoms with Gasteiger partial charge < -0.3 is 20.5 Å². The van der Waals surface area contributed by atoms with Gasteiger partial charge in [0.05, 0.1) is 5.92 Å². The minimum atomic E-state index is -0.831. The summed E-state index contributed by atoms with van der Waals surface area (Å²) in [5, 5.41) is 14.9. The van der Waals surface area contributed by atoms with Gasteiger partial charge in [-0.2, -0.15) is 0 Å². The highest BCUT2D eigenvalue weighted by molar-refractivity contribution is 5.79.